The van der Waals surface area contributed by atoms with Gasteiger partial charge in [-0.1, -0.05) is 0 Å². The Kier molecular flexibility index (Phi) is 6.01. The van der Waals surface area contributed by atoms with Gasteiger partial charge in [0, 0.05) is 24.3 Å². The summed E-state index contributed by atoms with van der Waals surface area (Å²) >= 11 is 0. The van der Waals surface area contributed by atoms with E-state index in [1.54, 1.807) is 17.0 Å². The van der Waals surface area contributed by atoms with Crippen molar-refractivity contribution in [3.63, 3.8) is 0 Å². The zero-order chi connectivity index (χ0) is 22.1. The number of carbonyl (C=O) groups is 1. The summed E-state index contributed by atoms with van der Waals surface area (Å²) < 4.78 is 48.2. The first-order chi connectivity index (χ1) is 13.9. The summed E-state index contributed by atoms with van der Waals surface area (Å²) in [6.07, 6.45) is -3.52. The van der Waals surface area contributed by atoms with Crippen molar-refractivity contribution < 1.29 is 27.4 Å². The van der Waals surface area contributed by atoms with Crippen LogP contribution in [-0.4, -0.2) is 45.8 Å². The van der Waals surface area contributed by atoms with Gasteiger partial charge in [-0.2, -0.15) is 5.10 Å². The molecule has 1 fully saturated rings. The number of carbonyl (C=O) groups excluding carboxylic acids is 1. The molecular formula is C21H26F3N3O3. The van der Waals surface area contributed by atoms with E-state index in [1.165, 1.54) is 12.1 Å². The molecule has 1 aromatic heterocycles. The van der Waals surface area contributed by atoms with Crippen molar-refractivity contribution in [3.8, 4) is 17.0 Å². The number of amides is 1. The molecule has 0 saturated carbocycles. The van der Waals surface area contributed by atoms with E-state index in [9.17, 15) is 18.0 Å². The molecule has 0 unspecified atom stereocenters. The third-order valence-corrected chi connectivity index (χ3v) is 4.77. The Balaban J connectivity index is 1.65. The van der Waals surface area contributed by atoms with E-state index in [0.29, 0.717) is 24.3 Å². The van der Waals surface area contributed by atoms with Crippen LogP contribution in [0.2, 0.25) is 0 Å². The minimum absolute atomic E-state index is 0.144. The summed E-state index contributed by atoms with van der Waals surface area (Å²) in [5.41, 5.74) is 1.82. The number of benzene rings is 1. The van der Waals surface area contributed by atoms with Crippen LogP contribution in [0.4, 0.5) is 18.0 Å². The first-order valence-electron chi connectivity index (χ1n) is 9.81. The summed E-state index contributed by atoms with van der Waals surface area (Å²) in [7, 11) is 0. The van der Waals surface area contributed by atoms with Crippen molar-refractivity contribution in [2.75, 3.05) is 13.1 Å². The maximum Gasteiger partial charge on any atom is 0.573 e. The molecule has 3 rings (SSSR count). The Morgan fingerprint density at radius 2 is 1.70 bits per heavy atom. The second-order valence-corrected chi connectivity index (χ2v) is 8.39. The lowest BCUT2D eigenvalue weighted by molar-refractivity contribution is -0.274. The molecule has 9 heteroatoms. The fourth-order valence-electron chi connectivity index (χ4n) is 3.45. The molecule has 0 radical (unpaired) electrons. The van der Waals surface area contributed by atoms with Crippen LogP contribution in [0.3, 0.4) is 0 Å². The van der Waals surface area contributed by atoms with E-state index < -0.39 is 12.0 Å². The third-order valence-electron chi connectivity index (χ3n) is 4.77. The lowest BCUT2D eigenvalue weighted by Crippen LogP contribution is -2.42. The van der Waals surface area contributed by atoms with E-state index in [1.807, 2.05) is 38.4 Å². The summed E-state index contributed by atoms with van der Waals surface area (Å²) in [5.74, 6) is -0.267. The van der Waals surface area contributed by atoms with Crippen LogP contribution in [0.15, 0.2) is 30.3 Å². The normalized spacial score (nSPS) is 15.9. The highest BCUT2D eigenvalue weighted by molar-refractivity contribution is 5.68. The molecule has 30 heavy (non-hydrogen) atoms. The highest BCUT2D eigenvalue weighted by Gasteiger charge is 2.31. The molecule has 2 aromatic rings. The predicted octanol–water partition coefficient (Wildman–Crippen LogP) is 5.33. The van der Waals surface area contributed by atoms with Crippen molar-refractivity contribution in [1.29, 1.82) is 0 Å². The van der Waals surface area contributed by atoms with Crippen molar-refractivity contribution >= 4 is 6.09 Å². The lowest BCUT2D eigenvalue weighted by Gasteiger charge is -2.33. The maximum atomic E-state index is 12.3. The fourth-order valence-corrected chi connectivity index (χ4v) is 3.45. The Morgan fingerprint density at radius 1 is 1.10 bits per heavy atom. The molecule has 164 valence electrons. The zero-order valence-corrected chi connectivity index (χ0v) is 17.5. The van der Waals surface area contributed by atoms with Crippen LogP contribution in [0.5, 0.6) is 5.75 Å². The van der Waals surface area contributed by atoms with Gasteiger partial charge in [0.05, 0.1) is 11.7 Å². The zero-order valence-electron chi connectivity index (χ0n) is 17.5. The number of ether oxygens (including phenoxy) is 2. The maximum absolute atomic E-state index is 12.3. The van der Waals surface area contributed by atoms with E-state index in [0.717, 1.165) is 18.5 Å². The van der Waals surface area contributed by atoms with Crippen LogP contribution >= 0.6 is 0 Å². The van der Waals surface area contributed by atoms with Gasteiger partial charge in [-0.15, -0.1) is 13.2 Å². The lowest BCUT2D eigenvalue weighted by atomic mass is 10.1. The molecule has 1 saturated heterocycles. The van der Waals surface area contributed by atoms with Crippen molar-refractivity contribution in [2.45, 2.75) is 58.5 Å². The number of likely N-dealkylation sites (tertiary alicyclic amines) is 1. The van der Waals surface area contributed by atoms with Crippen LogP contribution < -0.4 is 4.74 Å². The largest absolute Gasteiger partial charge is 0.573 e. The van der Waals surface area contributed by atoms with E-state index in [4.69, 9.17) is 4.74 Å². The summed E-state index contributed by atoms with van der Waals surface area (Å²) in [6.45, 7) is 8.63. The monoisotopic (exact) mass is 425 g/mol. The molecule has 0 bridgehead atoms. The quantitative estimate of drug-likeness (QED) is 0.667. The average Bonchev–Trinajstić information content (AvgIpc) is 3.01. The van der Waals surface area contributed by atoms with Gasteiger partial charge >= 0.3 is 12.5 Å². The second kappa shape index (κ2) is 8.20. The number of aromatic nitrogens is 2. The minimum Gasteiger partial charge on any atom is -0.444 e. The van der Waals surface area contributed by atoms with Gasteiger partial charge in [-0.05, 0) is 70.9 Å². The van der Waals surface area contributed by atoms with Gasteiger partial charge < -0.3 is 14.4 Å². The molecule has 1 aromatic carbocycles. The van der Waals surface area contributed by atoms with Crippen LogP contribution in [0.1, 0.15) is 45.3 Å². The van der Waals surface area contributed by atoms with E-state index in [2.05, 4.69) is 9.84 Å². The fraction of sp³-hybridized carbons (Fsp3) is 0.524. The van der Waals surface area contributed by atoms with Gasteiger partial charge in [0.2, 0.25) is 0 Å². The Bertz CT molecular complexity index is 878. The average molecular weight is 425 g/mol. The highest BCUT2D eigenvalue weighted by atomic mass is 19.4. The molecule has 1 aliphatic rings. The number of nitrogens with zero attached hydrogens (tertiary/aromatic N) is 3. The molecule has 0 spiro atoms. The van der Waals surface area contributed by atoms with Crippen LogP contribution in [0, 0.1) is 6.92 Å². The molecule has 0 N–H and O–H groups in total. The van der Waals surface area contributed by atoms with Crippen molar-refractivity contribution in [1.82, 2.24) is 14.7 Å². The number of rotatable bonds is 3. The molecule has 1 amide bonds. The molecule has 0 aliphatic carbocycles. The number of piperidine rings is 1. The van der Waals surface area contributed by atoms with Crippen LogP contribution in [0.25, 0.3) is 11.3 Å². The van der Waals surface area contributed by atoms with E-state index in [-0.39, 0.29) is 17.9 Å². The topological polar surface area (TPSA) is 56.6 Å². The minimum atomic E-state index is -4.71. The molecule has 1 aliphatic heterocycles. The summed E-state index contributed by atoms with van der Waals surface area (Å²) in [5, 5.41) is 4.66. The Hall–Kier alpha value is -2.71. The number of hydrogen-bond acceptors (Lipinski definition) is 4. The van der Waals surface area contributed by atoms with Gasteiger partial charge in [0.15, 0.2) is 0 Å². The van der Waals surface area contributed by atoms with Gasteiger partial charge in [0.1, 0.15) is 11.4 Å². The smallest absolute Gasteiger partial charge is 0.444 e. The second-order valence-electron chi connectivity index (χ2n) is 8.39. The first kappa shape index (κ1) is 22.0. The Labute approximate surface area is 173 Å². The number of alkyl halides is 3. The summed E-state index contributed by atoms with van der Waals surface area (Å²) in [6, 6.07) is 7.70. The SMILES string of the molecule is Cc1cc(-c2ccc(OC(F)(F)F)cc2)nn1C1CCN(C(=O)OC(C)(C)C)CC1. The molecular weight excluding hydrogens is 399 g/mol. The number of aryl methyl sites for hydroxylation is 1. The third kappa shape index (κ3) is 5.67. The first-order valence-corrected chi connectivity index (χ1v) is 9.81. The molecule has 2 heterocycles. The van der Waals surface area contributed by atoms with Crippen molar-refractivity contribution in [2.24, 2.45) is 0 Å². The summed E-state index contributed by atoms with van der Waals surface area (Å²) in [4.78, 5) is 13.9. The van der Waals surface area contributed by atoms with Gasteiger partial charge in [-0.25, -0.2) is 4.79 Å². The van der Waals surface area contributed by atoms with Crippen molar-refractivity contribution in [3.05, 3.63) is 36.0 Å². The highest BCUT2D eigenvalue weighted by Crippen LogP contribution is 2.29. The number of hydrogen-bond donors (Lipinski definition) is 0. The van der Waals surface area contributed by atoms with Gasteiger partial charge in [0.25, 0.3) is 0 Å². The van der Waals surface area contributed by atoms with Crippen LogP contribution in [-0.2, 0) is 4.74 Å². The molecule has 6 nitrogen and oxygen atoms in total. The number of halogens is 3. The van der Waals surface area contributed by atoms with E-state index >= 15 is 0 Å². The molecule has 0 atom stereocenters. The van der Waals surface area contributed by atoms with Gasteiger partial charge in [-0.3, -0.25) is 4.68 Å². The predicted molar refractivity (Wildman–Crippen MR) is 105 cm³/mol. The standard InChI is InChI=1S/C21H26F3N3O3/c1-14-13-18(15-5-7-17(8-6-15)29-21(22,23)24)25-27(14)16-9-11-26(12-10-16)19(28)30-20(2,3)4/h5-8,13,16H,9-12H2,1-4H3. The Morgan fingerprint density at radius 3 is 2.23 bits per heavy atom.